The highest BCUT2D eigenvalue weighted by atomic mass is 19.1. The summed E-state index contributed by atoms with van der Waals surface area (Å²) >= 11 is 0. The van der Waals surface area contributed by atoms with Gasteiger partial charge >= 0.3 is 0 Å². The summed E-state index contributed by atoms with van der Waals surface area (Å²) in [6, 6.07) is 17.7. The molecule has 1 aromatic heterocycles. The van der Waals surface area contributed by atoms with Crippen LogP contribution in [0.1, 0.15) is 10.5 Å². The third-order valence-corrected chi connectivity index (χ3v) is 5.24. The maximum atomic E-state index is 13.1. The van der Waals surface area contributed by atoms with Crippen molar-refractivity contribution in [2.24, 2.45) is 0 Å². The molecule has 0 atom stereocenters. The number of rotatable bonds is 5. The molecule has 1 fully saturated rings. The maximum Gasteiger partial charge on any atom is 0.276 e. The van der Waals surface area contributed by atoms with E-state index in [1.165, 1.54) is 24.3 Å². The number of aromatic nitrogens is 2. The second-order valence-electron chi connectivity index (χ2n) is 7.38. The zero-order valence-corrected chi connectivity index (χ0v) is 17.3. The number of nitrogens with one attached hydrogen (secondary N) is 1. The molecule has 0 radical (unpaired) electrons. The lowest BCUT2D eigenvalue weighted by Crippen LogP contribution is -2.50. The molecule has 0 bridgehead atoms. The van der Waals surface area contributed by atoms with E-state index in [-0.39, 0.29) is 24.0 Å². The van der Waals surface area contributed by atoms with Crippen molar-refractivity contribution in [3.8, 4) is 0 Å². The Morgan fingerprint density at radius 1 is 0.906 bits per heavy atom. The molecule has 2 aromatic carbocycles. The topological polar surface area (TPSA) is 87.5 Å². The van der Waals surface area contributed by atoms with Crippen LogP contribution in [0.15, 0.2) is 71.5 Å². The van der Waals surface area contributed by atoms with Crippen molar-refractivity contribution < 1.29 is 14.0 Å². The summed E-state index contributed by atoms with van der Waals surface area (Å²) in [4.78, 5) is 41.1. The van der Waals surface area contributed by atoms with Gasteiger partial charge in [0.05, 0.1) is 0 Å². The predicted molar refractivity (Wildman–Crippen MR) is 118 cm³/mol. The van der Waals surface area contributed by atoms with Crippen LogP contribution in [0.4, 0.5) is 15.8 Å². The van der Waals surface area contributed by atoms with Crippen LogP contribution in [-0.2, 0) is 11.3 Å². The van der Waals surface area contributed by atoms with Crippen molar-refractivity contribution in [1.29, 1.82) is 0 Å². The Kier molecular flexibility index (Phi) is 6.25. The zero-order valence-electron chi connectivity index (χ0n) is 17.3. The van der Waals surface area contributed by atoms with Gasteiger partial charge in [0, 0.05) is 43.6 Å². The normalized spacial score (nSPS) is 13.7. The fourth-order valence-corrected chi connectivity index (χ4v) is 3.49. The molecule has 3 aromatic rings. The van der Waals surface area contributed by atoms with Gasteiger partial charge in [-0.05, 0) is 42.5 Å². The number of anilines is 2. The van der Waals surface area contributed by atoms with Crippen molar-refractivity contribution in [2.75, 3.05) is 36.4 Å². The van der Waals surface area contributed by atoms with Crippen LogP contribution < -0.4 is 15.8 Å². The minimum atomic E-state index is -0.467. The highest BCUT2D eigenvalue weighted by Gasteiger charge is 2.22. The van der Waals surface area contributed by atoms with Gasteiger partial charge in [0.1, 0.15) is 18.1 Å². The molecule has 1 saturated heterocycles. The third kappa shape index (κ3) is 5.00. The van der Waals surface area contributed by atoms with Gasteiger partial charge in [-0.25, -0.2) is 9.07 Å². The van der Waals surface area contributed by atoms with Gasteiger partial charge < -0.3 is 15.1 Å². The average Bonchev–Trinajstić information content (AvgIpc) is 2.81. The largest absolute Gasteiger partial charge is 0.368 e. The van der Waals surface area contributed by atoms with Crippen LogP contribution in [0.2, 0.25) is 0 Å². The van der Waals surface area contributed by atoms with Crippen molar-refractivity contribution in [1.82, 2.24) is 14.7 Å². The highest BCUT2D eigenvalue weighted by Crippen LogP contribution is 2.17. The zero-order chi connectivity index (χ0) is 22.5. The van der Waals surface area contributed by atoms with Crippen LogP contribution in [0.25, 0.3) is 0 Å². The predicted octanol–water partition coefficient (Wildman–Crippen LogP) is 1.98. The molecule has 1 N–H and O–H groups in total. The SMILES string of the molecule is O=C(Nc1ccccc1)c1ccc(=O)n(CC(=O)N2CCN(c3ccc(F)cc3)CC2)n1. The number of para-hydroxylation sites is 1. The summed E-state index contributed by atoms with van der Waals surface area (Å²) in [5.74, 6) is -1.01. The molecule has 164 valence electrons. The Labute approximate surface area is 183 Å². The first-order valence-corrected chi connectivity index (χ1v) is 10.2. The van der Waals surface area contributed by atoms with Gasteiger partial charge in [0.25, 0.3) is 11.5 Å². The number of carbonyl (C=O) groups excluding carboxylic acids is 2. The minimum absolute atomic E-state index is 0.0439. The van der Waals surface area contributed by atoms with Gasteiger partial charge in [-0.2, -0.15) is 5.10 Å². The van der Waals surface area contributed by atoms with Gasteiger partial charge in [-0.15, -0.1) is 0 Å². The lowest BCUT2D eigenvalue weighted by Gasteiger charge is -2.36. The first kappa shape index (κ1) is 21.2. The number of hydrogen-bond donors (Lipinski definition) is 1. The number of halogens is 1. The first-order chi connectivity index (χ1) is 15.5. The molecule has 0 unspecified atom stereocenters. The summed E-state index contributed by atoms with van der Waals surface area (Å²) in [6.45, 7) is 1.89. The Morgan fingerprint density at radius 3 is 2.28 bits per heavy atom. The summed E-state index contributed by atoms with van der Waals surface area (Å²) < 4.78 is 14.1. The number of nitrogens with zero attached hydrogens (tertiary/aromatic N) is 4. The van der Waals surface area contributed by atoms with E-state index in [1.54, 1.807) is 41.3 Å². The number of benzene rings is 2. The van der Waals surface area contributed by atoms with Gasteiger partial charge in [0.15, 0.2) is 0 Å². The molecule has 2 heterocycles. The standard InChI is InChI=1S/C23H22FN5O3/c24-17-6-8-19(9-7-17)27-12-14-28(15-13-27)22(31)16-29-21(30)11-10-20(26-29)23(32)25-18-4-2-1-3-5-18/h1-11H,12-16H2,(H,25,32). The molecule has 2 amide bonds. The Bertz CT molecular complexity index is 1160. The second-order valence-corrected chi connectivity index (χ2v) is 7.38. The summed E-state index contributed by atoms with van der Waals surface area (Å²) in [5.41, 5.74) is 1.09. The fourth-order valence-electron chi connectivity index (χ4n) is 3.49. The Balaban J connectivity index is 1.38. The molecule has 9 heteroatoms. The van der Waals surface area contributed by atoms with Crippen molar-refractivity contribution >= 4 is 23.2 Å². The molecule has 0 aliphatic carbocycles. The van der Waals surface area contributed by atoms with Gasteiger partial charge in [0.2, 0.25) is 5.91 Å². The van der Waals surface area contributed by atoms with E-state index >= 15 is 0 Å². The summed E-state index contributed by atoms with van der Waals surface area (Å²) in [7, 11) is 0. The summed E-state index contributed by atoms with van der Waals surface area (Å²) in [6.07, 6.45) is 0. The quantitative estimate of drug-likeness (QED) is 0.662. The molecular weight excluding hydrogens is 413 g/mol. The molecular formula is C23H22FN5O3. The molecule has 4 rings (SSSR count). The average molecular weight is 435 g/mol. The molecule has 0 saturated carbocycles. The van der Waals surface area contributed by atoms with E-state index in [2.05, 4.69) is 15.3 Å². The first-order valence-electron chi connectivity index (χ1n) is 10.2. The Morgan fingerprint density at radius 2 is 1.59 bits per heavy atom. The van der Waals surface area contributed by atoms with Crippen LogP contribution in [-0.4, -0.2) is 52.7 Å². The van der Waals surface area contributed by atoms with Crippen molar-refractivity contribution in [2.45, 2.75) is 6.54 Å². The summed E-state index contributed by atoms with van der Waals surface area (Å²) in [5, 5.41) is 6.78. The fraction of sp³-hybridized carbons (Fsp3) is 0.217. The van der Waals surface area contributed by atoms with Gasteiger partial charge in [-0.3, -0.25) is 14.4 Å². The van der Waals surface area contributed by atoms with Crippen LogP contribution in [0, 0.1) is 5.82 Å². The van der Waals surface area contributed by atoms with Crippen LogP contribution in [0.5, 0.6) is 0 Å². The number of amides is 2. The second kappa shape index (κ2) is 9.42. The smallest absolute Gasteiger partial charge is 0.276 e. The van der Waals surface area contributed by atoms with Gasteiger partial charge in [-0.1, -0.05) is 18.2 Å². The molecule has 0 spiro atoms. The number of piperazine rings is 1. The van der Waals surface area contributed by atoms with Crippen LogP contribution in [0.3, 0.4) is 0 Å². The highest BCUT2D eigenvalue weighted by molar-refractivity contribution is 6.02. The van der Waals surface area contributed by atoms with Crippen LogP contribution >= 0.6 is 0 Å². The maximum absolute atomic E-state index is 13.1. The molecule has 32 heavy (non-hydrogen) atoms. The lowest BCUT2D eigenvalue weighted by atomic mass is 10.2. The number of hydrogen-bond acceptors (Lipinski definition) is 5. The van der Waals surface area contributed by atoms with E-state index in [0.29, 0.717) is 31.9 Å². The molecule has 1 aliphatic heterocycles. The van der Waals surface area contributed by atoms with E-state index in [4.69, 9.17) is 0 Å². The van der Waals surface area contributed by atoms with Crippen molar-refractivity contribution in [3.63, 3.8) is 0 Å². The van der Waals surface area contributed by atoms with E-state index < -0.39 is 11.5 Å². The minimum Gasteiger partial charge on any atom is -0.368 e. The van der Waals surface area contributed by atoms with E-state index in [9.17, 15) is 18.8 Å². The lowest BCUT2D eigenvalue weighted by molar-refractivity contribution is -0.132. The molecule has 1 aliphatic rings. The van der Waals surface area contributed by atoms with Crippen molar-refractivity contribution in [3.05, 3.63) is 88.6 Å². The Hall–Kier alpha value is -4.01. The van der Waals surface area contributed by atoms with E-state index in [0.717, 1.165) is 10.4 Å². The molecule has 8 nitrogen and oxygen atoms in total. The monoisotopic (exact) mass is 435 g/mol. The number of carbonyl (C=O) groups is 2. The van der Waals surface area contributed by atoms with E-state index in [1.807, 2.05) is 6.07 Å². The third-order valence-electron chi connectivity index (χ3n) is 5.24.